The van der Waals surface area contributed by atoms with E-state index in [-0.39, 0.29) is 5.56 Å². The number of benzene rings is 1. The molecule has 2 rings (SSSR count). The Labute approximate surface area is 127 Å². The number of carboxylic acids is 1. The van der Waals surface area contributed by atoms with E-state index in [0.717, 1.165) is 0 Å². The molecule has 22 heavy (non-hydrogen) atoms. The Bertz CT molecular complexity index is 781. The number of aryl methyl sites for hydroxylation is 1. The van der Waals surface area contributed by atoms with Crippen LogP contribution in [0.1, 0.15) is 22.8 Å². The molecule has 0 aliphatic rings. The van der Waals surface area contributed by atoms with Crippen molar-refractivity contribution in [2.24, 2.45) is 0 Å². The van der Waals surface area contributed by atoms with Crippen LogP contribution in [0.3, 0.4) is 0 Å². The number of carbonyl (C=O) groups is 1. The molecule has 2 aromatic rings. The molecule has 0 saturated heterocycles. The van der Waals surface area contributed by atoms with Gasteiger partial charge in [-0.15, -0.1) is 0 Å². The van der Waals surface area contributed by atoms with Crippen LogP contribution in [-0.4, -0.2) is 30.2 Å². The average Bonchev–Trinajstić information content (AvgIpc) is 2.46. The maximum absolute atomic E-state index is 14.1. The first-order chi connectivity index (χ1) is 10.3. The Kier molecular flexibility index (Phi) is 4.30. The van der Waals surface area contributed by atoms with E-state index in [0.29, 0.717) is 28.9 Å². The molecule has 1 aromatic carbocycles. The van der Waals surface area contributed by atoms with Gasteiger partial charge in [0.15, 0.2) is 0 Å². The number of hydrogen-bond acceptors (Lipinski definition) is 3. The van der Waals surface area contributed by atoms with Crippen LogP contribution in [0.2, 0.25) is 0 Å². The maximum Gasteiger partial charge on any atom is 0.341 e. The molecule has 5 nitrogen and oxygen atoms in total. The lowest BCUT2D eigenvalue weighted by Crippen LogP contribution is -2.19. The van der Waals surface area contributed by atoms with Gasteiger partial charge in [0.2, 0.25) is 0 Å². The van der Waals surface area contributed by atoms with Gasteiger partial charge in [-0.25, -0.2) is 9.18 Å². The number of nitrogens with zero attached hydrogens (tertiary/aromatic N) is 1. The minimum atomic E-state index is -1.28. The molecule has 0 radical (unpaired) electrons. The predicted octanol–water partition coefficient (Wildman–Crippen LogP) is 2.51. The summed E-state index contributed by atoms with van der Waals surface area (Å²) in [4.78, 5) is 27.1. The Morgan fingerprint density at radius 2 is 2.00 bits per heavy atom. The molecule has 0 unspecified atom stereocenters. The standard InChI is InChI=1S/C16H17FN2O3/c1-4-9-7-11(16(21)22)15(20)18-14(9)10-5-6-13(19(2)3)12(17)8-10/h5-8H,4H2,1-3H3,(H,18,20)(H,21,22). The molecule has 0 aliphatic carbocycles. The van der Waals surface area contributed by atoms with Crippen molar-refractivity contribution >= 4 is 11.7 Å². The van der Waals surface area contributed by atoms with Crippen molar-refractivity contribution in [3.63, 3.8) is 0 Å². The highest BCUT2D eigenvalue weighted by molar-refractivity contribution is 5.88. The number of aromatic amines is 1. The maximum atomic E-state index is 14.1. The van der Waals surface area contributed by atoms with Gasteiger partial charge in [-0.2, -0.15) is 0 Å². The van der Waals surface area contributed by atoms with Crippen LogP contribution in [-0.2, 0) is 6.42 Å². The van der Waals surface area contributed by atoms with Gasteiger partial charge >= 0.3 is 5.97 Å². The smallest absolute Gasteiger partial charge is 0.341 e. The lowest BCUT2D eigenvalue weighted by Gasteiger charge is -2.15. The number of aromatic nitrogens is 1. The number of hydrogen-bond donors (Lipinski definition) is 2. The van der Waals surface area contributed by atoms with Gasteiger partial charge in [0.1, 0.15) is 11.4 Å². The molecule has 116 valence electrons. The van der Waals surface area contributed by atoms with Crippen LogP contribution in [0.15, 0.2) is 29.1 Å². The Hall–Kier alpha value is -2.63. The van der Waals surface area contributed by atoms with Gasteiger partial charge in [0, 0.05) is 19.7 Å². The molecule has 1 aromatic heterocycles. The van der Waals surface area contributed by atoms with Gasteiger partial charge in [0.05, 0.1) is 11.4 Å². The predicted molar refractivity (Wildman–Crippen MR) is 83.1 cm³/mol. The zero-order chi connectivity index (χ0) is 16.4. The summed E-state index contributed by atoms with van der Waals surface area (Å²) < 4.78 is 14.1. The molecule has 6 heteroatoms. The Morgan fingerprint density at radius 1 is 1.32 bits per heavy atom. The second kappa shape index (κ2) is 6.01. The summed E-state index contributed by atoms with van der Waals surface area (Å²) in [6, 6.07) is 5.99. The van der Waals surface area contributed by atoms with E-state index in [1.807, 2.05) is 6.92 Å². The summed E-state index contributed by atoms with van der Waals surface area (Å²) >= 11 is 0. The number of aromatic carboxylic acids is 1. The number of carboxylic acid groups (broad SMARTS) is 1. The molecule has 0 spiro atoms. The number of anilines is 1. The van der Waals surface area contributed by atoms with Crippen LogP contribution >= 0.6 is 0 Å². The molecule has 0 atom stereocenters. The van der Waals surface area contributed by atoms with E-state index in [4.69, 9.17) is 5.11 Å². The van der Waals surface area contributed by atoms with Crippen molar-refractivity contribution in [2.45, 2.75) is 13.3 Å². The van der Waals surface area contributed by atoms with E-state index >= 15 is 0 Å². The van der Waals surface area contributed by atoms with Crippen LogP contribution in [0, 0.1) is 5.82 Å². The molecular weight excluding hydrogens is 287 g/mol. The first kappa shape index (κ1) is 15.8. The largest absolute Gasteiger partial charge is 0.477 e. The molecule has 1 heterocycles. The molecule has 0 amide bonds. The quantitative estimate of drug-likeness (QED) is 0.910. The van der Waals surface area contributed by atoms with Crippen LogP contribution in [0.4, 0.5) is 10.1 Å². The third kappa shape index (κ3) is 2.86. The Morgan fingerprint density at radius 3 is 2.50 bits per heavy atom. The van der Waals surface area contributed by atoms with Crippen LogP contribution in [0.5, 0.6) is 0 Å². The molecule has 0 fully saturated rings. The second-order valence-electron chi connectivity index (χ2n) is 5.13. The van der Waals surface area contributed by atoms with Gasteiger partial charge in [0.25, 0.3) is 5.56 Å². The summed E-state index contributed by atoms with van der Waals surface area (Å²) in [5, 5.41) is 9.00. The summed E-state index contributed by atoms with van der Waals surface area (Å²) in [6.45, 7) is 1.84. The lowest BCUT2D eigenvalue weighted by molar-refractivity contribution is 0.0695. The average molecular weight is 304 g/mol. The van der Waals surface area contributed by atoms with E-state index < -0.39 is 17.3 Å². The number of pyridine rings is 1. The van der Waals surface area contributed by atoms with E-state index in [2.05, 4.69) is 4.98 Å². The zero-order valence-corrected chi connectivity index (χ0v) is 12.6. The van der Waals surface area contributed by atoms with Crippen molar-refractivity contribution in [1.82, 2.24) is 4.98 Å². The fourth-order valence-corrected chi connectivity index (χ4v) is 2.29. The molecular formula is C16H17FN2O3. The SMILES string of the molecule is CCc1cc(C(=O)O)c(=O)[nH]c1-c1ccc(N(C)C)c(F)c1. The van der Waals surface area contributed by atoms with Crippen molar-refractivity contribution in [1.29, 1.82) is 0 Å². The minimum Gasteiger partial charge on any atom is -0.477 e. The van der Waals surface area contributed by atoms with Gasteiger partial charge in [-0.3, -0.25) is 4.79 Å². The fourth-order valence-electron chi connectivity index (χ4n) is 2.29. The third-order valence-electron chi connectivity index (χ3n) is 3.45. The zero-order valence-electron chi connectivity index (χ0n) is 12.6. The van der Waals surface area contributed by atoms with Crippen LogP contribution < -0.4 is 10.5 Å². The van der Waals surface area contributed by atoms with Gasteiger partial charge < -0.3 is 15.0 Å². The molecule has 0 bridgehead atoms. The summed E-state index contributed by atoms with van der Waals surface area (Å²) in [5.74, 6) is -1.69. The molecule has 0 saturated carbocycles. The van der Waals surface area contributed by atoms with E-state index in [1.165, 1.54) is 12.1 Å². The van der Waals surface area contributed by atoms with E-state index in [9.17, 15) is 14.0 Å². The number of rotatable bonds is 4. The minimum absolute atomic E-state index is 0.314. The first-order valence-electron chi connectivity index (χ1n) is 6.81. The number of halogens is 1. The van der Waals surface area contributed by atoms with E-state index in [1.54, 1.807) is 31.1 Å². The highest BCUT2D eigenvalue weighted by Gasteiger charge is 2.15. The lowest BCUT2D eigenvalue weighted by atomic mass is 10.0. The normalized spacial score (nSPS) is 10.5. The second-order valence-corrected chi connectivity index (χ2v) is 5.13. The third-order valence-corrected chi connectivity index (χ3v) is 3.45. The molecule has 0 aliphatic heterocycles. The fraction of sp³-hybridized carbons (Fsp3) is 0.250. The highest BCUT2D eigenvalue weighted by atomic mass is 19.1. The van der Waals surface area contributed by atoms with Crippen molar-refractivity contribution in [3.05, 3.63) is 51.6 Å². The first-order valence-corrected chi connectivity index (χ1v) is 6.81. The van der Waals surface area contributed by atoms with Crippen molar-refractivity contribution in [2.75, 3.05) is 19.0 Å². The van der Waals surface area contributed by atoms with Gasteiger partial charge in [-0.1, -0.05) is 13.0 Å². The number of nitrogens with one attached hydrogen (secondary N) is 1. The van der Waals surface area contributed by atoms with Crippen molar-refractivity contribution < 1.29 is 14.3 Å². The monoisotopic (exact) mass is 304 g/mol. The summed E-state index contributed by atoms with van der Waals surface area (Å²) in [5.41, 5.74) is 1.03. The topological polar surface area (TPSA) is 73.4 Å². The number of H-pyrrole nitrogens is 1. The van der Waals surface area contributed by atoms with Crippen LogP contribution in [0.25, 0.3) is 11.3 Å². The summed E-state index contributed by atoms with van der Waals surface area (Å²) in [6.07, 6.45) is 0.517. The Balaban J connectivity index is 2.62. The van der Waals surface area contributed by atoms with Gasteiger partial charge in [-0.05, 0) is 30.2 Å². The summed E-state index contributed by atoms with van der Waals surface area (Å²) in [7, 11) is 3.47. The van der Waals surface area contributed by atoms with Crippen molar-refractivity contribution in [3.8, 4) is 11.3 Å². The highest BCUT2D eigenvalue weighted by Crippen LogP contribution is 2.26. The molecule has 2 N–H and O–H groups in total.